The van der Waals surface area contributed by atoms with Gasteiger partial charge in [0.1, 0.15) is 5.69 Å². The van der Waals surface area contributed by atoms with Crippen molar-refractivity contribution < 1.29 is 4.74 Å². The summed E-state index contributed by atoms with van der Waals surface area (Å²) in [5, 5.41) is 11.8. The summed E-state index contributed by atoms with van der Waals surface area (Å²) in [4.78, 5) is 9.11. The lowest BCUT2D eigenvalue weighted by Crippen LogP contribution is -2.11. The maximum Gasteiger partial charge on any atom is 0.304 e. The van der Waals surface area contributed by atoms with Gasteiger partial charge in [-0.1, -0.05) is 42.5 Å². The molecule has 2 aromatic carbocycles. The first-order valence-corrected chi connectivity index (χ1v) is 8.27. The molecule has 0 spiro atoms. The monoisotopic (exact) mass is 346 g/mol. The van der Waals surface area contributed by atoms with E-state index < -0.39 is 0 Å². The smallest absolute Gasteiger partial charge is 0.304 e. The molecule has 0 saturated carbocycles. The summed E-state index contributed by atoms with van der Waals surface area (Å²) in [5.41, 5.74) is 3.57. The molecular formula is C19H18N6O. The van der Waals surface area contributed by atoms with E-state index in [0.29, 0.717) is 24.3 Å². The Labute approximate surface area is 150 Å². The Morgan fingerprint density at radius 3 is 2.54 bits per heavy atom. The number of aromatic nitrogens is 5. The first kappa shape index (κ1) is 16.0. The number of ether oxygens (including phenoxy) is 1. The molecule has 4 aromatic rings. The molecule has 0 fully saturated rings. The third-order valence-corrected chi connectivity index (χ3v) is 4.06. The Morgan fingerprint density at radius 2 is 1.73 bits per heavy atom. The molecule has 1 N–H and O–H groups in total. The molecule has 0 unspecified atom stereocenters. The fourth-order valence-electron chi connectivity index (χ4n) is 2.75. The molecule has 4 rings (SSSR count). The van der Waals surface area contributed by atoms with Crippen LogP contribution in [0.4, 0.5) is 5.82 Å². The van der Waals surface area contributed by atoms with E-state index in [2.05, 4.69) is 37.6 Å². The van der Waals surface area contributed by atoms with Crippen LogP contribution in [0.25, 0.3) is 17.0 Å². The number of nitrogens with zero attached hydrogens (tertiary/aromatic N) is 5. The van der Waals surface area contributed by atoms with E-state index in [1.54, 1.807) is 11.7 Å². The van der Waals surface area contributed by atoms with Crippen LogP contribution in [0.5, 0.6) is 6.01 Å². The van der Waals surface area contributed by atoms with Crippen molar-refractivity contribution in [2.45, 2.75) is 13.5 Å². The summed E-state index contributed by atoms with van der Waals surface area (Å²) in [7, 11) is 1.58. The predicted octanol–water partition coefficient (Wildman–Crippen LogP) is 3.14. The lowest BCUT2D eigenvalue weighted by molar-refractivity contribution is 0.373. The highest BCUT2D eigenvalue weighted by Gasteiger charge is 2.16. The minimum absolute atomic E-state index is 0.414. The van der Waals surface area contributed by atoms with E-state index in [9.17, 15) is 0 Å². The molecule has 7 nitrogen and oxygen atoms in total. The average molecular weight is 346 g/mol. The third-order valence-electron chi connectivity index (χ3n) is 4.06. The third kappa shape index (κ3) is 2.95. The first-order chi connectivity index (χ1) is 12.8. The van der Waals surface area contributed by atoms with E-state index >= 15 is 0 Å². The number of hydrogen-bond donors (Lipinski definition) is 1. The first-order valence-electron chi connectivity index (χ1n) is 8.27. The van der Waals surface area contributed by atoms with E-state index in [-0.39, 0.29) is 0 Å². The van der Waals surface area contributed by atoms with Crippen LogP contribution in [0.1, 0.15) is 11.3 Å². The van der Waals surface area contributed by atoms with Crippen LogP contribution in [-0.2, 0) is 6.54 Å². The number of anilines is 1. The highest BCUT2D eigenvalue weighted by Crippen LogP contribution is 2.24. The normalized spacial score (nSPS) is 10.8. The van der Waals surface area contributed by atoms with Gasteiger partial charge in [-0.15, -0.1) is 10.2 Å². The Balaban J connectivity index is 1.72. The zero-order chi connectivity index (χ0) is 17.9. The van der Waals surface area contributed by atoms with Crippen molar-refractivity contribution >= 4 is 16.9 Å². The van der Waals surface area contributed by atoms with Gasteiger partial charge in [0, 0.05) is 6.54 Å². The summed E-state index contributed by atoms with van der Waals surface area (Å²) in [6.07, 6.45) is 0. The van der Waals surface area contributed by atoms with Crippen LogP contribution in [0.3, 0.4) is 0 Å². The van der Waals surface area contributed by atoms with Gasteiger partial charge >= 0.3 is 6.01 Å². The van der Waals surface area contributed by atoms with Gasteiger partial charge in [0.2, 0.25) is 0 Å². The van der Waals surface area contributed by atoms with Gasteiger partial charge in [0.15, 0.2) is 5.82 Å². The van der Waals surface area contributed by atoms with Crippen molar-refractivity contribution in [1.29, 1.82) is 0 Å². The molecule has 2 aromatic heterocycles. The molecule has 26 heavy (non-hydrogen) atoms. The Bertz CT molecular complexity index is 1040. The quantitative estimate of drug-likeness (QED) is 0.598. The molecule has 0 aliphatic rings. The SMILES string of the molecule is COc1nc2ccccc2n1-c1nnc(C)c(NCc2ccccc2)n1. The molecular weight excluding hydrogens is 328 g/mol. The van der Waals surface area contributed by atoms with E-state index in [1.165, 1.54) is 0 Å². The van der Waals surface area contributed by atoms with Crippen molar-refractivity contribution in [3.8, 4) is 12.0 Å². The molecule has 130 valence electrons. The maximum absolute atomic E-state index is 5.41. The van der Waals surface area contributed by atoms with Crippen molar-refractivity contribution in [1.82, 2.24) is 24.7 Å². The number of benzene rings is 2. The summed E-state index contributed by atoms with van der Waals surface area (Å²) in [6.45, 7) is 2.53. The van der Waals surface area contributed by atoms with E-state index in [0.717, 1.165) is 22.3 Å². The van der Waals surface area contributed by atoms with Crippen molar-refractivity contribution in [3.63, 3.8) is 0 Å². The van der Waals surface area contributed by atoms with Gasteiger partial charge < -0.3 is 10.1 Å². The topological polar surface area (TPSA) is 77.8 Å². The molecule has 0 aliphatic heterocycles. The second kappa shape index (κ2) is 6.79. The molecule has 7 heteroatoms. The lowest BCUT2D eigenvalue weighted by Gasteiger charge is -2.10. The molecule has 0 aliphatic carbocycles. The molecule has 2 heterocycles. The summed E-state index contributed by atoms with van der Waals surface area (Å²) in [5.74, 6) is 1.09. The standard InChI is InChI=1S/C19H18N6O/c1-13-17(20-12-14-8-4-3-5-9-14)22-18(24-23-13)25-16-11-7-6-10-15(16)21-19(25)26-2/h3-11H,12H2,1-2H3,(H,20,22,24). The minimum atomic E-state index is 0.414. The Kier molecular flexibility index (Phi) is 4.18. The number of methoxy groups -OCH3 is 1. The summed E-state index contributed by atoms with van der Waals surface area (Å²) < 4.78 is 7.17. The van der Waals surface area contributed by atoms with Crippen molar-refractivity contribution in [2.24, 2.45) is 0 Å². The fourth-order valence-corrected chi connectivity index (χ4v) is 2.75. The zero-order valence-corrected chi connectivity index (χ0v) is 14.5. The van der Waals surface area contributed by atoms with Crippen molar-refractivity contribution in [2.75, 3.05) is 12.4 Å². The van der Waals surface area contributed by atoms with Gasteiger partial charge in [0.25, 0.3) is 5.95 Å². The van der Waals surface area contributed by atoms with Gasteiger partial charge in [-0.2, -0.15) is 9.97 Å². The molecule has 0 radical (unpaired) electrons. The predicted molar refractivity (Wildman–Crippen MR) is 99.5 cm³/mol. The van der Waals surface area contributed by atoms with E-state index in [4.69, 9.17) is 4.74 Å². The van der Waals surface area contributed by atoms with Gasteiger partial charge in [0.05, 0.1) is 18.1 Å². The Morgan fingerprint density at radius 1 is 0.962 bits per heavy atom. The zero-order valence-electron chi connectivity index (χ0n) is 14.5. The Hall–Kier alpha value is -3.48. The van der Waals surface area contributed by atoms with Gasteiger partial charge in [-0.05, 0) is 24.6 Å². The van der Waals surface area contributed by atoms with Crippen LogP contribution in [0, 0.1) is 6.92 Å². The molecule has 0 atom stereocenters. The number of nitrogens with one attached hydrogen (secondary N) is 1. The molecule has 0 amide bonds. The maximum atomic E-state index is 5.41. The number of fused-ring (bicyclic) bond motifs is 1. The second-order valence-corrected chi connectivity index (χ2v) is 5.81. The highest BCUT2D eigenvalue weighted by atomic mass is 16.5. The minimum Gasteiger partial charge on any atom is -0.468 e. The molecule has 0 saturated heterocycles. The molecule has 0 bridgehead atoms. The average Bonchev–Trinajstić information content (AvgIpc) is 3.07. The number of hydrogen-bond acceptors (Lipinski definition) is 6. The number of imidazole rings is 1. The van der Waals surface area contributed by atoms with Crippen molar-refractivity contribution in [3.05, 3.63) is 65.9 Å². The van der Waals surface area contributed by atoms with E-state index in [1.807, 2.05) is 49.4 Å². The van der Waals surface area contributed by atoms with Crippen LogP contribution < -0.4 is 10.1 Å². The number of rotatable bonds is 5. The largest absolute Gasteiger partial charge is 0.468 e. The fraction of sp³-hybridized carbons (Fsp3) is 0.158. The number of para-hydroxylation sites is 2. The lowest BCUT2D eigenvalue weighted by atomic mass is 10.2. The van der Waals surface area contributed by atoms with Gasteiger partial charge in [-0.25, -0.2) is 4.57 Å². The van der Waals surface area contributed by atoms with Gasteiger partial charge in [-0.3, -0.25) is 0 Å². The highest BCUT2D eigenvalue weighted by molar-refractivity contribution is 5.78. The van der Waals surface area contributed by atoms with Crippen LogP contribution in [-0.4, -0.2) is 31.8 Å². The number of aryl methyl sites for hydroxylation is 1. The van der Waals surface area contributed by atoms with Crippen LogP contribution >= 0.6 is 0 Å². The summed E-state index contributed by atoms with van der Waals surface area (Å²) >= 11 is 0. The summed E-state index contributed by atoms with van der Waals surface area (Å²) in [6, 6.07) is 18.3. The second-order valence-electron chi connectivity index (χ2n) is 5.81. The van der Waals surface area contributed by atoms with Crippen LogP contribution in [0.15, 0.2) is 54.6 Å². The van der Waals surface area contributed by atoms with Crippen LogP contribution in [0.2, 0.25) is 0 Å².